The lowest BCUT2D eigenvalue weighted by molar-refractivity contribution is -0.128. The summed E-state index contributed by atoms with van der Waals surface area (Å²) in [6.45, 7) is 8.25. The standard InChI is InChI=1S/C16H24N2O3/c1-5-21-13-9-7-6-8-12(13)18-14(19)10-11-17-15(20)16(2,3)4/h6-9H,5,10-11H2,1-4H3,(H,17,20)(H,18,19). The molecule has 0 fully saturated rings. The van der Waals surface area contributed by atoms with Crippen LogP contribution in [0.5, 0.6) is 5.75 Å². The summed E-state index contributed by atoms with van der Waals surface area (Å²) in [4.78, 5) is 23.6. The first kappa shape index (κ1) is 17.0. The van der Waals surface area contributed by atoms with Crippen LogP contribution in [0.15, 0.2) is 24.3 Å². The number of hydrogen-bond donors (Lipinski definition) is 2. The number of amides is 2. The molecule has 0 radical (unpaired) electrons. The second-order valence-corrected chi connectivity index (χ2v) is 5.73. The minimum absolute atomic E-state index is 0.0648. The molecule has 1 aromatic carbocycles. The molecule has 116 valence electrons. The third-order valence-electron chi connectivity index (χ3n) is 2.78. The highest BCUT2D eigenvalue weighted by Crippen LogP contribution is 2.23. The topological polar surface area (TPSA) is 67.4 Å². The van der Waals surface area contributed by atoms with Crippen LogP contribution < -0.4 is 15.4 Å². The minimum atomic E-state index is -0.446. The summed E-state index contributed by atoms with van der Waals surface area (Å²) in [5.74, 6) is 0.424. The van der Waals surface area contributed by atoms with Crippen LogP contribution in [-0.2, 0) is 9.59 Å². The van der Waals surface area contributed by atoms with E-state index in [9.17, 15) is 9.59 Å². The van der Waals surface area contributed by atoms with Gasteiger partial charge in [0.25, 0.3) is 0 Å². The fraction of sp³-hybridized carbons (Fsp3) is 0.500. The van der Waals surface area contributed by atoms with Crippen molar-refractivity contribution in [1.29, 1.82) is 0 Å². The Morgan fingerprint density at radius 1 is 1.19 bits per heavy atom. The van der Waals surface area contributed by atoms with Crippen molar-refractivity contribution >= 4 is 17.5 Å². The average Bonchev–Trinajstić information content (AvgIpc) is 2.40. The highest BCUT2D eigenvalue weighted by molar-refractivity contribution is 5.92. The summed E-state index contributed by atoms with van der Waals surface area (Å²) in [6.07, 6.45) is 0.224. The number of benzene rings is 1. The Hall–Kier alpha value is -2.04. The molecule has 1 rings (SSSR count). The van der Waals surface area contributed by atoms with Gasteiger partial charge in [0.15, 0.2) is 0 Å². The van der Waals surface area contributed by atoms with Gasteiger partial charge in [-0.05, 0) is 19.1 Å². The Morgan fingerprint density at radius 3 is 2.48 bits per heavy atom. The smallest absolute Gasteiger partial charge is 0.226 e. The first-order chi connectivity index (χ1) is 9.84. The molecular formula is C16H24N2O3. The Balaban J connectivity index is 2.46. The van der Waals surface area contributed by atoms with Crippen molar-refractivity contribution in [3.05, 3.63) is 24.3 Å². The van der Waals surface area contributed by atoms with Crippen molar-refractivity contribution in [2.75, 3.05) is 18.5 Å². The predicted octanol–water partition coefficient (Wildman–Crippen LogP) is 2.58. The molecule has 2 amide bonds. The van der Waals surface area contributed by atoms with E-state index in [2.05, 4.69) is 10.6 Å². The molecular weight excluding hydrogens is 268 g/mol. The van der Waals surface area contributed by atoms with Gasteiger partial charge in [0.1, 0.15) is 5.75 Å². The Bertz CT molecular complexity index is 493. The van der Waals surface area contributed by atoms with Crippen molar-refractivity contribution in [2.24, 2.45) is 5.41 Å². The molecule has 0 saturated carbocycles. The van der Waals surface area contributed by atoms with E-state index in [1.807, 2.05) is 39.8 Å². The molecule has 5 nitrogen and oxygen atoms in total. The third-order valence-corrected chi connectivity index (χ3v) is 2.78. The van der Waals surface area contributed by atoms with Crippen LogP contribution in [0.2, 0.25) is 0 Å². The Morgan fingerprint density at radius 2 is 1.86 bits per heavy atom. The van der Waals surface area contributed by atoms with Gasteiger partial charge in [-0.25, -0.2) is 0 Å². The summed E-state index contributed by atoms with van der Waals surface area (Å²) < 4.78 is 5.44. The Kier molecular flexibility index (Phi) is 6.21. The number of para-hydroxylation sites is 2. The second kappa shape index (κ2) is 7.67. The van der Waals surface area contributed by atoms with Crippen LogP contribution in [0.4, 0.5) is 5.69 Å². The SMILES string of the molecule is CCOc1ccccc1NC(=O)CCNC(=O)C(C)(C)C. The van der Waals surface area contributed by atoms with Gasteiger partial charge in [0, 0.05) is 18.4 Å². The van der Waals surface area contributed by atoms with E-state index in [1.54, 1.807) is 12.1 Å². The van der Waals surface area contributed by atoms with E-state index < -0.39 is 5.41 Å². The molecule has 0 saturated heterocycles. The van der Waals surface area contributed by atoms with E-state index in [1.165, 1.54) is 0 Å². The number of ether oxygens (including phenoxy) is 1. The largest absolute Gasteiger partial charge is 0.492 e. The molecule has 0 atom stereocenters. The lowest BCUT2D eigenvalue weighted by Gasteiger charge is -2.17. The average molecular weight is 292 g/mol. The van der Waals surface area contributed by atoms with E-state index in [-0.39, 0.29) is 18.2 Å². The van der Waals surface area contributed by atoms with Crippen LogP contribution in [0.3, 0.4) is 0 Å². The number of nitrogens with one attached hydrogen (secondary N) is 2. The highest BCUT2D eigenvalue weighted by atomic mass is 16.5. The first-order valence-electron chi connectivity index (χ1n) is 7.14. The Labute approximate surface area is 126 Å². The second-order valence-electron chi connectivity index (χ2n) is 5.73. The number of hydrogen-bond acceptors (Lipinski definition) is 3. The van der Waals surface area contributed by atoms with Gasteiger partial charge in [-0.15, -0.1) is 0 Å². The maximum Gasteiger partial charge on any atom is 0.226 e. The summed E-state index contributed by atoms with van der Waals surface area (Å²) in [5, 5.41) is 5.54. The molecule has 0 spiro atoms. The molecule has 0 bridgehead atoms. The molecule has 0 aliphatic carbocycles. The van der Waals surface area contributed by atoms with E-state index in [0.29, 0.717) is 24.6 Å². The fourth-order valence-electron chi connectivity index (χ4n) is 1.62. The molecule has 2 N–H and O–H groups in total. The number of carbonyl (C=O) groups is 2. The van der Waals surface area contributed by atoms with Crippen LogP contribution in [0.25, 0.3) is 0 Å². The van der Waals surface area contributed by atoms with Gasteiger partial charge in [-0.2, -0.15) is 0 Å². The van der Waals surface area contributed by atoms with Gasteiger partial charge in [-0.3, -0.25) is 9.59 Å². The predicted molar refractivity (Wildman–Crippen MR) is 83.3 cm³/mol. The maximum absolute atomic E-state index is 11.9. The van der Waals surface area contributed by atoms with Crippen molar-refractivity contribution in [1.82, 2.24) is 5.32 Å². The number of rotatable bonds is 6. The molecule has 0 aromatic heterocycles. The minimum Gasteiger partial charge on any atom is -0.492 e. The molecule has 5 heteroatoms. The summed E-state index contributed by atoms with van der Waals surface area (Å²) in [6, 6.07) is 7.28. The lowest BCUT2D eigenvalue weighted by Crippen LogP contribution is -2.36. The van der Waals surface area contributed by atoms with Crippen LogP contribution in [-0.4, -0.2) is 25.0 Å². The van der Waals surface area contributed by atoms with Crippen LogP contribution >= 0.6 is 0 Å². The molecule has 21 heavy (non-hydrogen) atoms. The summed E-state index contributed by atoms with van der Waals surface area (Å²) in [7, 11) is 0. The van der Waals surface area contributed by atoms with Crippen molar-refractivity contribution < 1.29 is 14.3 Å². The van der Waals surface area contributed by atoms with Gasteiger partial charge >= 0.3 is 0 Å². The monoisotopic (exact) mass is 292 g/mol. The molecule has 0 unspecified atom stereocenters. The lowest BCUT2D eigenvalue weighted by atomic mass is 9.96. The number of anilines is 1. The number of carbonyl (C=O) groups excluding carboxylic acids is 2. The zero-order valence-electron chi connectivity index (χ0n) is 13.2. The third kappa shape index (κ3) is 5.85. The van der Waals surface area contributed by atoms with Crippen molar-refractivity contribution in [3.8, 4) is 5.75 Å². The van der Waals surface area contributed by atoms with Gasteiger partial charge < -0.3 is 15.4 Å². The fourth-order valence-corrected chi connectivity index (χ4v) is 1.62. The zero-order chi connectivity index (χ0) is 15.9. The van der Waals surface area contributed by atoms with E-state index in [0.717, 1.165) is 0 Å². The van der Waals surface area contributed by atoms with E-state index >= 15 is 0 Å². The molecule has 0 aliphatic rings. The molecule has 1 aromatic rings. The highest BCUT2D eigenvalue weighted by Gasteiger charge is 2.20. The maximum atomic E-state index is 11.9. The van der Waals surface area contributed by atoms with Gasteiger partial charge in [-0.1, -0.05) is 32.9 Å². The summed E-state index contributed by atoms with van der Waals surface area (Å²) >= 11 is 0. The van der Waals surface area contributed by atoms with Crippen LogP contribution in [0.1, 0.15) is 34.1 Å². The van der Waals surface area contributed by atoms with Crippen LogP contribution in [0, 0.1) is 5.41 Å². The van der Waals surface area contributed by atoms with Gasteiger partial charge in [0.05, 0.1) is 12.3 Å². The zero-order valence-corrected chi connectivity index (χ0v) is 13.2. The molecule has 0 aliphatic heterocycles. The molecule has 0 heterocycles. The summed E-state index contributed by atoms with van der Waals surface area (Å²) in [5.41, 5.74) is 0.199. The van der Waals surface area contributed by atoms with E-state index in [4.69, 9.17) is 4.74 Å². The normalized spacial score (nSPS) is 10.9. The first-order valence-corrected chi connectivity index (χ1v) is 7.14. The van der Waals surface area contributed by atoms with Crippen molar-refractivity contribution in [2.45, 2.75) is 34.1 Å². The van der Waals surface area contributed by atoms with Crippen molar-refractivity contribution in [3.63, 3.8) is 0 Å². The quantitative estimate of drug-likeness (QED) is 0.847. The van der Waals surface area contributed by atoms with Gasteiger partial charge in [0.2, 0.25) is 11.8 Å².